The van der Waals surface area contributed by atoms with Crippen LogP contribution < -0.4 is 0 Å². The van der Waals surface area contributed by atoms with E-state index in [1.54, 1.807) is 55.4 Å². The molecule has 0 bridgehead atoms. The van der Waals surface area contributed by atoms with Crippen molar-refractivity contribution in [3.05, 3.63) is 0 Å². The summed E-state index contributed by atoms with van der Waals surface area (Å²) in [6.07, 6.45) is -13.7. The van der Waals surface area contributed by atoms with Gasteiger partial charge in [-0.1, -0.05) is 34.6 Å². The summed E-state index contributed by atoms with van der Waals surface area (Å²) in [5.74, 6) is -6.73. The number of aliphatic hydroxyl groups excluding tert-OH is 3. The standard InChI is InChI=1S/C49H86N2O17/c1-18-34-49(13,59)41(57)27(6)37(54)24(3)22-47(11,68-46-39(56)33(51(16)17)21-26(5)61-46)42(66-45-38(55)32(50(14)15)20-25(4)60-45)28(7)40(29(8)44(58)63-34)65-36-23-48(12,67-31(10)52)43(30(9)62-36)64-35(53)19-2/h24-30,32-34,36,38-43,45-46,55-57,59H,18-23H2,1-17H3. The molecule has 4 aliphatic heterocycles. The van der Waals surface area contributed by atoms with Crippen molar-refractivity contribution in [2.75, 3.05) is 28.2 Å². The zero-order chi connectivity index (χ0) is 51.5. The molecule has 0 amide bonds. The largest absolute Gasteiger partial charge is 0.459 e. The number of ether oxygens (including phenoxy) is 9. The first-order chi connectivity index (χ1) is 31.4. The molecular weight excluding hydrogens is 889 g/mol. The molecule has 4 rings (SSSR count). The smallest absolute Gasteiger partial charge is 0.311 e. The van der Waals surface area contributed by atoms with Crippen LogP contribution in [0, 0.1) is 23.7 Å². The number of hydrogen-bond acceptors (Lipinski definition) is 19. The number of likely N-dealkylation sites (N-methyl/N-ethyl adjacent to an activating group) is 2. The fraction of sp³-hybridized carbons (Fsp3) is 0.918. The maximum absolute atomic E-state index is 14.7. The average molecular weight is 975 g/mol. The second-order valence-electron chi connectivity index (χ2n) is 21.3. The van der Waals surface area contributed by atoms with Crippen LogP contribution >= 0.6 is 0 Å². The van der Waals surface area contributed by atoms with Crippen LogP contribution in [0.25, 0.3) is 0 Å². The molecule has 22 atom stereocenters. The minimum absolute atomic E-state index is 0.0532. The lowest BCUT2D eigenvalue weighted by atomic mass is 9.73. The van der Waals surface area contributed by atoms with E-state index in [2.05, 4.69) is 0 Å². The molecule has 0 aromatic carbocycles. The Labute approximate surface area is 404 Å². The first-order valence-corrected chi connectivity index (χ1v) is 24.6. The molecule has 4 N–H and O–H groups in total. The number of carbonyl (C=O) groups excluding carboxylic acids is 4. The highest BCUT2D eigenvalue weighted by atomic mass is 16.7. The Bertz CT molecular complexity index is 1700. The van der Waals surface area contributed by atoms with Crippen LogP contribution in [0.1, 0.15) is 129 Å². The zero-order valence-electron chi connectivity index (χ0n) is 43.7. The number of Topliss-reactive ketones (excluding diaryl/α,β-unsaturated/α-hetero) is 1. The van der Waals surface area contributed by atoms with Crippen molar-refractivity contribution in [3.63, 3.8) is 0 Å². The van der Waals surface area contributed by atoms with Gasteiger partial charge in [0.25, 0.3) is 0 Å². The fourth-order valence-electron chi connectivity index (χ4n) is 11.1. The topological polar surface area (TPSA) is 239 Å². The van der Waals surface area contributed by atoms with E-state index >= 15 is 0 Å². The number of ketones is 1. The number of hydrogen-bond donors (Lipinski definition) is 4. The Balaban J connectivity index is 2.01. The highest BCUT2D eigenvalue weighted by Crippen LogP contribution is 2.44. The van der Waals surface area contributed by atoms with E-state index in [1.807, 2.05) is 51.8 Å². The Hall–Kier alpha value is -2.40. The van der Waals surface area contributed by atoms with Crippen LogP contribution in [0.4, 0.5) is 0 Å². The van der Waals surface area contributed by atoms with Crippen molar-refractivity contribution in [2.45, 2.75) is 237 Å². The maximum atomic E-state index is 14.7. The lowest BCUT2D eigenvalue weighted by Crippen LogP contribution is -2.63. The van der Waals surface area contributed by atoms with Gasteiger partial charge in [-0.05, 0) is 102 Å². The second kappa shape index (κ2) is 23.4. The Kier molecular flexibility index (Phi) is 20.0. The number of esters is 3. The predicted molar refractivity (Wildman–Crippen MR) is 246 cm³/mol. The van der Waals surface area contributed by atoms with Crippen LogP contribution in [0.5, 0.6) is 0 Å². The van der Waals surface area contributed by atoms with E-state index in [0.29, 0.717) is 12.8 Å². The van der Waals surface area contributed by atoms with Gasteiger partial charge in [0.05, 0.1) is 48.1 Å². The first kappa shape index (κ1) is 58.2. The molecule has 0 aliphatic carbocycles. The van der Waals surface area contributed by atoms with Gasteiger partial charge in [0, 0.05) is 49.6 Å². The predicted octanol–water partition coefficient (Wildman–Crippen LogP) is 3.11. The van der Waals surface area contributed by atoms with Gasteiger partial charge in [-0.15, -0.1) is 0 Å². The van der Waals surface area contributed by atoms with Gasteiger partial charge in [0.2, 0.25) is 0 Å². The SMILES string of the molecule is CCC(=O)OC1C(C)OC(OC2C(C)C(=O)OC(CC)C(C)(O)C(O)C(C)C(=O)C(C)CC(C)(OC3OC(C)CC(N(C)C)C3O)C(OC3OC(C)CC(N(C)C)C3O)C2C)CC1(C)OC(C)=O. The first-order valence-electron chi connectivity index (χ1n) is 24.6. The Morgan fingerprint density at radius 2 is 1.29 bits per heavy atom. The molecule has 394 valence electrons. The third-order valence-electron chi connectivity index (χ3n) is 14.9. The number of cyclic esters (lactones) is 1. The minimum Gasteiger partial charge on any atom is -0.459 e. The molecule has 0 radical (unpaired) electrons. The van der Waals surface area contributed by atoms with Crippen LogP contribution in [0.3, 0.4) is 0 Å². The average Bonchev–Trinajstić information content (AvgIpc) is 3.24. The summed E-state index contributed by atoms with van der Waals surface area (Å²) >= 11 is 0. The highest BCUT2D eigenvalue weighted by Gasteiger charge is 2.57. The third-order valence-corrected chi connectivity index (χ3v) is 14.9. The molecular formula is C49H86N2O17. The lowest BCUT2D eigenvalue weighted by molar-refractivity contribution is -0.347. The van der Waals surface area contributed by atoms with Crippen molar-refractivity contribution < 1.29 is 82.2 Å². The van der Waals surface area contributed by atoms with Crippen LogP contribution in [-0.4, -0.2) is 191 Å². The van der Waals surface area contributed by atoms with Crippen LogP contribution in [0.15, 0.2) is 0 Å². The number of rotatable bonds is 12. The van der Waals surface area contributed by atoms with Gasteiger partial charge in [-0.25, -0.2) is 0 Å². The van der Waals surface area contributed by atoms with Crippen molar-refractivity contribution in [1.29, 1.82) is 0 Å². The Morgan fingerprint density at radius 3 is 1.81 bits per heavy atom. The molecule has 4 heterocycles. The molecule has 22 unspecified atom stereocenters. The van der Waals surface area contributed by atoms with E-state index in [0.717, 1.165) is 0 Å². The molecule has 4 fully saturated rings. The van der Waals surface area contributed by atoms with Crippen molar-refractivity contribution >= 4 is 23.7 Å². The molecule has 19 heteroatoms. The van der Waals surface area contributed by atoms with Crippen molar-refractivity contribution in [3.8, 4) is 0 Å². The molecule has 19 nitrogen and oxygen atoms in total. The summed E-state index contributed by atoms with van der Waals surface area (Å²) < 4.78 is 58.0. The summed E-state index contributed by atoms with van der Waals surface area (Å²) in [4.78, 5) is 58.4. The van der Waals surface area contributed by atoms with E-state index in [9.17, 15) is 39.6 Å². The van der Waals surface area contributed by atoms with Gasteiger partial charge in [-0.2, -0.15) is 0 Å². The monoisotopic (exact) mass is 975 g/mol. The van der Waals surface area contributed by atoms with E-state index in [4.69, 9.17) is 42.6 Å². The van der Waals surface area contributed by atoms with E-state index in [-0.39, 0.29) is 31.8 Å². The summed E-state index contributed by atoms with van der Waals surface area (Å²) in [5, 5.41) is 47.7. The number of aliphatic hydroxyl groups is 4. The van der Waals surface area contributed by atoms with Crippen LogP contribution in [0.2, 0.25) is 0 Å². The normalized spacial score (nSPS) is 45.9. The second-order valence-corrected chi connectivity index (χ2v) is 21.3. The molecule has 0 aromatic heterocycles. The quantitative estimate of drug-likeness (QED) is 0.162. The minimum atomic E-state index is -2.10. The summed E-state index contributed by atoms with van der Waals surface area (Å²) in [6.45, 7) is 21.1. The molecule has 4 aliphatic rings. The maximum Gasteiger partial charge on any atom is 0.311 e. The third kappa shape index (κ3) is 13.2. The number of carbonyl (C=O) groups is 4. The molecule has 0 saturated carbocycles. The molecule has 0 aromatic rings. The highest BCUT2D eigenvalue weighted by molar-refractivity contribution is 5.83. The van der Waals surface area contributed by atoms with E-state index < -0.39 is 150 Å². The van der Waals surface area contributed by atoms with Gasteiger partial charge in [0.1, 0.15) is 29.7 Å². The van der Waals surface area contributed by atoms with Crippen molar-refractivity contribution in [2.24, 2.45) is 23.7 Å². The fourth-order valence-corrected chi connectivity index (χ4v) is 11.1. The molecule has 0 spiro atoms. The molecule has 4 saturated heterocycles. The zero-order valence-corrected chi connectivity index (χ0v) is 43.7. The lowest BCUT2D eigenvalue weighted by Gasteiger charge is -2.52. The van der Waals surface area contributed by atoms with E-state index in [1.165, 1.54) is 20.8 Å². The van der Waals surface area contributed by atoms with Crippen molar-refractivity contribution in [1.82, 2.24) is 9.80 Å². The summed E-state index contributed by atoms with van der Waals surface area (Å²) in [6, 6.07) is -0.817. The van der Waals surface area contributed by atoms with Gasteiger partial charge < -0.3 is 72.9 Å². The summed E-state index contributed by atoms with van der Waals surface area (Å²) in [7, 11) is 7.37. The van der Waals surface area contributed by atoms with Crippen LogP contribution in [-0.2, 0) is 61.8 Å². The van der Waals surface area contributed by atoms with Gasteiger partial charge in [0.15, 0.2) is 30.6 Å². The van der Waals surface area contributed by atoms with Gasteiger partial charge in [-0.3, -0.25) is 19.2 Å². The summed E-state index contributed by atoms with van der Waals surface area (Å²) in [5.41, 5.74) is -5.24. The Morgan fingerprint density at radius 1 is 0.750 bits per heavy atom. The van der Waals surface area contributed by atoms with Gasteiger partial charge >= 0.3 is 17.9 Å². The molecule has 68 heavy (non-hydrogen) atoms. The number of nitrogens with zero attached hydrogens (tertiary/aromatic N) is 2.